The third kappa shape index (κ3) is 3.69. The molecule has 2 aliphatic carbocycles. The monoisotopic (exact) mass is 446 g/mol. The first-order valence-corrected chi connectivity index (χ1v) is 10.7. The van der Waals surface area contributed by atoms with Gasteiger partial charge in [-0.3, -0.25) is 4.79 Å². The number of hydrogen-bond acceptors (Lipinski definition) is 5. The van der Waals surface area contributed by atoms with Gasteiger partial charge in [-0.1, -0.05) is 0 Å². The van der Waals surface area contributed by atoms with Crippen LogP contribution in [-0.2, 0) is 10.3 Å². The van der Waals surface area contributed by atoms with Crippen molar-refractivity contribution in [3.05, 3.63) is 39.4 Å². The molecule has 0 aliphatic heterocycles. The Morgan fingerprint density at radius 2 is 1.94 bits per heavy atom. The predicted molar refractivity (Wildman–Crippen MR) is 115 cm³/mol. The molecule has 0 unspecified atom stereocenters. The Morgan fingerprint density at radius 1 is 1.28 bits per heavy atom. The Balaban J connectivity index is 1.94. The molecule has 0 radical (unpaired) electrons. The van der Waals surface area contributed by atoms with E-state index in [0.717, 1.165) is 25.3 Å². The highest BCUT2D eigenvalue weighted by molar-refractivity contribution is 5.95. The lowest BCUT2D eigenvalue weighted by Gasteiger charge is -2.43. The summed E-state index contributed by atoms with van der Waals surface area (Å²) in [6.45, 7) is 5.22. The Labute approximate surface area is 184 Å². The number of amides is 1. The van der Waals surface area contributed by atoms with E-state index in [4.69, 9.17) is 9.47 Å². The number of halogens is 1. The van der Waals surface area contributed by atoms with Crippen molar-refractivity contribution in [3.63, 3.8) is 0 Å². The number of ether oxygens (including phenoxy) is 2. The van der Waals surface area contributed by atoms with E-state index >= 15 is 4.39 Å². The number of aromatic nitrogens is 1. The smallest absolute Gasteiger partial charge is 0.408 e. The average molecular weight is 446 g/mol. The summed E-state index contributed by atoms with van der Waals surface area (Å²) in [6.07, 6.45) is 3.99. The van der Waals surface area contributed by atoms with Crippen LogP contribution in [0.2, 0.25) is 0 Å². The minimum atomic E-state index is -1.36. The van der Waals surface area contributed by atoms with E-state index in [1.807, 2.05) is 0 Å². The van der Waals surface area contributed by atoms with Gasteiger partial charge in [-0.25, -0.2) is 14.0 Å². The molecule has 9 heteroatoms. The van der Waals surface area contributed by atoms with Gasteiger partial charge in [0.15, 0.2) is 5.75 Å². The second kappa shape index (κ2) is 7.50. The SMILES string of the molecule is COc1c(C2(NC(=O)OC(C)(C)C)CCC2)c(F)cc2c(=O)c(C(=O)O)cn(C3CC3)c12. The first-order chi connectivity index (χ1) is 15.0. The van der Waals surface area contributed by atoms with Gasteiger partial charge < -0.3 is 24.5 Å². The molecule has 0 spiro atoms. The number of hydrogen-bond donors (Lipinski definition) is 2. The lowest BCUT2D eigenvalue weighted by atomic mass is 9.71. The van der Waals surface area contributed by atoms with E-state index in [1.165, 1.54) is 13.3 Å². The Hall–Kier alpha value is -3.10. The molecule has 2 N–H and O–H groups in total. The maximum Gasteiger partial charge on any atom is 0.408 e. The number of nitrogens with one attached hydrogen (secondary N) is 1. The van der Waals surface area contributed by atoms with E-state index < -0.39 is 40.0 Å². The highest BCUT2D eigenvalue weighted by Gasteiger charge is 2.46. The molecular formula is C23H27FN2O6. The number of carbonyl (C=O) groups excluding carboxylic acids is 1. The summed E-state index contributed by atoms with van der Waals surface area (Å²) in [5, 5.41) is 12.2. The summed E-state index contributed by atoms with van der Waals surface area (Å²) < 4.78 is 28.3. The fourth-order valence-corrected chi connectivity index (χ4v) is 4.36. The van der Waals surface area contributed by atoms with E-state index in [9.17, 15) is 19.5 Å². The molecule has 2 saturated carbocycles. The van der Waals surface area contributed by atoms with Crippen LogP contribution in [0.4, 0.5) is 9.18 Å². The minimum absolute atomic E-state index is 0.000401. The zero-order chi connectivity index (χ0) is 23.4. The first kappa shape index (κ1) is 22.1. The van der Waals surface area contributed by atoms with Gasteiger partial charge in [0.05, 0.1) is 29.1 Å². The molecule has 172 valence electrons. The van der Waals surface area contributed by atoms with E-state index in [-0.39, 0.29) is 22.7 Å². The summed E-state index contributed by atoms with van der Waals surface area (Å²) in [6, 6.07) is 1.07. The van der Waals surface area contributed by atoms with Crippen molar-refractivity contribution in [1.29, 1.82) is 0 Å². The molecule has 1 aromatic carbocycles. The lowest BCUT2D eigenvalue weighted by Crippen LogP contribution is -2.52. The summed E-state index contributed by atoms with van der Waals surface area (Å²) in [5.74, 6) is -1.96. The van der Waals surface area contributed by atoms with Crippen LogP contribution in [0.15, 0.2) is 17.1 Å². The molecule has 2 fully saturated rings. The summed E-state index contributed by atoms with van der Waals surface area (Å²) >= 11 is 0. The number of pyridine rings is 1. The van der Waals surface area contributed by atoms with Gasteiger partial charge in [0.25, 0.3) is 0 Å². The van der Waals surface area contributed by atoms with Crippen molar-refractivity contribution in [1.82, 2.24) is 9.88 Å². The zero-order valence-electron chi connectivity index (χ0n) is 18.6. The highest BCUT2D eigenvalue weighted by Crippen LogP contribution is 2.49. The maximum absolute atomic E-state index is 15.6. The van der Waals surface area contributed by atoms with E-state index in [0.29, 0.717) is 18.4 Å². The Kier molecular flexibility index (Phi) is 5.18. The Bertz CT molecular complexity index is 1170. The van der Waals surface area contributed by atoms with Gasteiger partial charge in [-0.15, -0.1) is 0 Å². The van der Waals surface area contributed by atoms with E-state index in [2.05, 4.69) is 5.32 Å². The maximum atomic E-state index is 15.6. The van der Waals surface area contributed by atoms with E-state index in [1.54, 1.807) is 25.3 Å². The van der Waals surface area contributed by atoms with Crippen LogP contribution < -0.4 is 15.5 Å². The van der Waals surface area contributed by atoms with Crippen molar-refractivity contribution in [2.24, 2.45) is 0 Å². The standard InChI is InChI=1S/C23H27FN2O6/c1-22(2,3)32-21(30)25-23(8-5-9-23)16-15(24)10-13-17(19(16)31-4)26(12-6-7-12)11-14(18(13)27)20(28)29/h10-12H,5-9H2,1-4H3,(H,25,30)(H,28,29). The number of carboxylic acids is 1. The van der Waals surface area contributed by atoms with Crippen LogP contribution in [0.3, 0.4) is 0 Å². The number of benzene rings is 1. The fraction of sp³-hybridized carbons (Fsp3) is 0.522. The number of fused-ring (bicyclic) bond motifs is 1. The van der Waals surface area contributed by atoms with Crippen LogP contribution in [-0.4, -0.2) is 34.4 Å². The van der Waals surface area contributed by atoms with Gasteiger partial charge in [-0.05, 0) is 58.9 Å². The highest BCUT2D eigenvalue weighted by atomic mass is 19.1. The molecule has 2 aromatic rings. The second-order valence-corrected chi connectivity index (χ2v) is 9.54. The quantitative estimate of drug-likeness (QED) is 0.717. The van der Waals surface area contributed by atoms with Gasteiger partial charge in [0.2, 0.25) is 5.43 Å². The molecule has 2 aliphatic rings. The minimum Gasteiger partial charge on any atom is -0.494 e. The summed E-state index contributed by atoms with van der Waals surface area (Å²) in [4.78, 5) is 37.0. The summed E-state index contributed by atoms with van der Waals surface area (Å²) in [5.41, 5.74) is -2.44. The molecule has 0 atom stereocenters. The Morgan fingerprint density at radius 3 is 2.41 bits per heavy atom. The molecule has 4 rings (SSSR count). The predicted octanol–water partition coefficient (Wildman–Crippen LogP) is 4.09. The van der Waals surface area contributed by atoms with Crippen LogP contribution >= 0.6 is 0 Å². The molecule has 1 heterocycles. The molecular weight excluding hydrogens is 419 g/mol. The number of methoxy groups -OCH3 is 1. The fourth-order valence-electron chi connectivity index (χ4n) is 4.36. The van der Waals surface area contributed by atoms with Crippen molar-refractivity contribution in [2.45, 2.75) is 70.1 Å². The van der Waals surface area contributed by atoms with Crippen LogP contribution in [0.5, 0.6) is 5.75 Å². The van der Waals surface area contributed by atoms with Gasteiger partial charge in [-0.2, -0.15) is 0 Å². The topological polar surface area (TPSA) is 107 Å². The van der Waals surface area contributed by atoms with Crippen molar-refractivity contribution < 1.29 is 28.6 Å². The van der Waals surface area contributed by atoms with Crippen LogP contribution in [0.1, 0.15) is 74.8 Å². The molecule has 1 amide bonds. The molecule has 0 saturated heterocycles. The number of alkyl carbamates (subject to hydrolysis) is 1. The average Bonchev–Trinajstić information content (AvgIpc) is 3.48. The molecule has 8 nitrogen and oxygen atoms in total. The van der Waals surface area contributed by atoms with Crippen molar-refractivity contribution >= 4 is 23.0 Å². The van der Waals surface area contributed by atoms with Gasteiger partial charge in [0.1, 0.15) is 17.0 Å². The largest absolute Gasteiger partial charge is 0.494 e. The summed E-state index contributed by atoms with van der Waals surface area (Å²) in [7, 11) is 1.38. The molecule has 32 heavy (non-hydrogen) atoms. The van der Waals surface area contributed by atoms with Crippen molar-refractivity contribution in [2.75, 3.05) is 7.11 Å². The normalized spacial score (nSPS) is 17.5. The third-order valence-corrected chi connectivity index (χ3v) is 6.02. The number of carbonyl (C=O) groups is 2. The number of aromatic carboxylic acids is 1. The lowest BCUT2D eigenvalue weighted by molar-refractivity contribution is 0.0369. The zero-order valence-corrected chi connectivity index (χ0v) is 18.6. The molecule has 1 aromatic heterocycles. The number of carboxylic acid groups (broad SMARTS) is 1. The molecule has 0 bridgehead atoms. The third-order valence-electron chi connectivity index (χ3n) is 6.02. The van der Waals surface area contributed by atoms with Gasteiger partial charge >= 0.3 is 12.1 Å². The number of nitrogens with zero attached hydrogens (tertiary/aromatic N) is 1. The van der Waals surface area contributed by atoms with Crippen LogP contribution in [0, 0.1) is 5.82 Å². The van der Waals surface area contributed by atoms with Gasteiger partial charge in [0, 0.05) is 12.2 Å². The second-order valence-electron chi connectivity index (χ2n) is 9.54. The first-order valence-electron chi connectivity index (χ1n) is 10.7. The number of rotatable bonds is 5. The van der Waals surface area contributed by atoms with Crippen molar-refractivity contribution in [3.8, 4) is 5.75 Å². The van der Waals surface area contributed by atoms with Crippen LogP contribution in [0.25, 0.3) is 10.9 Å².